The van der Waals surface area contributed by atoms with Gasteiger partial charge in [-0.05, 0) is 32.6 Å². The molecule has 4 aliphatic rings. The van der Waals surface area contributed by atoms with E-state index in [1.165, 1.54) is 12.0 Å². The molecule has 0 aromatic heterocycles. The van der Waals surface area contributed by atoms with Crippen molar-refractivity contribution in [1.82, 2.24) is 0 Å². The summed E-state index contributed by atoms with van der Waals surface area (Å²) in [6, 6.07) is 0. The minimum Gasteiger partial charge on any atom is -0.390 e. The Morgan fingerprint density at radius 2 is 2.05 bits per heavy atom. The lowest BCUT2D eigenvalue weighted by Gasteiger charge is -2.63. The van der Waals surface area contributed by atoms with Crippen LogP contribution in [0.2, 0.25) is 0 Å². The molecule has 2 aliphatic carbocycles. The fourth-order valence-electron chi connectivity index (χ4n) is 5.02. The number of aliphatic hydroxyl groups excluding tert-OH is 1. The first-order valence-electron chi connectivity index (χ1n) is 7.58. The molecule has 0 unspecified atom stereocenters. The van der Waals surface area contributed by atoms with E-state index in [4.69, 9.17) is 9.47 Å². The zero-order valence-electron chi connectivity index (χ0n) is 12.1. The number of epoxide rings is 1. The van der Waals surface area contributed by atoms with Gasteiger partial charge in [-0.15, -0.1) is 0 Å². The highest BCUT2D eigenvalue weighted by Crippen LogP contribution is 2.69. The van der Waals surface area contributed by atoms with Crippen molar-refractivity contribution in [3.8, 4) is 0 Å². The van der Waals surface area contributed by atoms with Crippen LogP contribution in [0, 0.1) is 10.8 Å². The Morgan fingerprint density at radius 1 is 1.32 bits per heavy atom. The van der Waals surface area contributed by atoms with E-state index in [1.807, 2.05) is 0 Å². The predicted molar refractivity (Wildman–Crippen MR) is 71.8 cm³/mol. The molecule has 0 aromatic rings. The van der Waals surface area contributed by atoms with Gasteiger partial charge in [-0.2, -0.15) is 0 Å². The first-order valence-corrected chi connectivity index (χ1v) is 7.58. The highest BCUT2D eigenvalue weighted by atomic mass is 16.6. The van der Waals surface area contributed by atoms with Crippen molar-refractivity contribution in [3.63, 3.8) is 0 Å². The summed E-state index contributed by atoms with van der Waals surface area (Å²) < 4.78 is 12.3. The smallest absolute Gasteiger partial charge is 0.126 e. The fraction of sp³-hybridized carbons (Fsp3) is 0.875. The normalized spacial score (nSPS) is 59.6. The third-order valence-corrected chi connectivity index (χ3v) is 6.79. The van der Waals surface area contributed by atoms with Crippen LogP contribution in [-0.2, 0) is 9.47 Å². The van der Waals surface area contributed by atoms with E-state index in [0.717, 1.165) is 25.9 Å². The molecule has 6 atom stereocenters. The standard InChI is InChI=1S/C16H24O3/c1-10-4-6-14(2)12(8-10)19-13-11(17)5-7-15(14,3)16(13)9-18-16/h8,11-13,17H,4-7,9H2,1-3H3/t11-,12-,13-,14+,15-,16-/m1/s1. The summed E-state index contributed by atoms with van der Waals surface area (Å²) in [7, 11) is 0. The van der Waals surface area contributed by atoms with Crippen molar-refractivity contribution < 1.29 is 14.6 Å². The molecule has 19 heavy (non-hydrogen) atoms. The van der Waals surface area contributed by atoms with E-state index in [9.17, 15) is 5.11 Å². The molecule has 1 saturated carbocycles. The van der Waals surface area contributed by atoms with Gasteiger partial charge in [0.1, 0.15) is 11.7 Å². The molecule has 106 valence electrons. The Bertz CT molecular complexity index is 453. The third kappa shape index (κ3) is 1.25. The van der Waals surface area contributed by atoms with E-state index in [1.54, 1.807) is 0 Å². The number of hydrogen-bond acceptors (Lipinski definition) is 3. The van der Waals surface area contributed by atoms with Crippen LogP contribution in [0.3, 0.4) is 0 Å². The number of rotatable bonds is 0. The summed E-state index contributed by atoms with van der Waals surface area (Å²) in [6.07, 6.45) is 6.16. The number of fused-ring (bicyclic) bond motifs is 2. The molecule has 3 nitrogen and oxygen atoms in total. The van der Waals surface area contributed by atoms with Gasteiger partial charge in [0.25, 0.3) is 0 Å². The molecule has 2 heterocycles. The quantitative estimate of drug-likeness (QED) is 0.540. The number of hydrogen-bond donors (Lipinski definition) is 1. The van der Waals surface area contributed by atoms with Crippen LogP contribution in [0.1, 0.15) is 46.5 Å². The van der Waals surface area contributed by atoms with Crippen LogP contribution in [0.5, 0.6) is 0 Å². The van der Waals surface area contributed by atoms with Crippen molar-refractivity contribution in [2.45, 2.75) is 70.4 Å². The van der Waals surface area contributed by atoms with Gasteiger partial charge in [-0.3, -0.25) is 0 Å². The molecule has 0 aromatic carbocycles. The monoisotopic (exact) mass is 264 g/mol. The number of allylic oxidation sites excluding steroid dienone is 1. The molecule has 2 bridgehead atoms. The minimum absolute atomic E-state index is 0.129. The van der Waals surface area contributed by atoms with Crippen LogP contribution in [-0.4, -0.2) is 35.6 Å². The van der Waals surface area contributed by atoms with Gasteiger partial charge in [0.05, 0.1) is 18.8 Å². The molecular formula is C16H24O3. The number of aliphatic hydroxyl groups is 1. The summed E-state index contributed by atoms with van der Waals surface area (Å²) in [6.45, 7) is 7.70. The lowest BCUT2D eigenvalue weighted by Crippen LogP contribution is -2.70. The van der Waals surface area contributed by atoms with Gasteiger partial charge < -0.3 is 14.6 Å². The fourth-order valence-corrected chi connectivity index (χ4v) is 5.02. The van der Waals surface area contributed by atoms with Crippen molar-refractivity contribution in [2.75, 3.05) is 6.61 Å². The van der Waals surface area contributed by atoms with E-state index >= 15 is 0 Å². The predicted octanol–water partition coefficient (Wildman–Crippen LogP) is 2.43. The van der Waals surface area contributed by atoms with Gasteiger partial charge >= 0.3 is 0 Å². The van der Waals surface area contributed by atoms with Gasteiger partial charge in [0.15, 0.2) is 0 Å². The average molecular weight is 264 g/mol. The Balaban J connectivity index is 1.84. The molecule has 3 heteroatoms. The lowest BCUT2D eigenvalue weighted by atomic mass is 9.47. The van der Waals surface area contributed by atoms with Gasteiger partial charge in [0.2, 0.25) is 0 Å². The molecule has 1 spiro atoms. The summed E-state index contributed by atoms with van der Waals surface area (Å²) in [5, 5.41) is 10.3. The van der Waals surface area contributed by atoms with Crippen LogP contribution < -0.4 is 0 Å². The number of ether oxygens (including phenoxy) is 2. The average Bonchev–Trinajstić information content (AvgIpc) is 3.15. The maximum absolute atomic E-state index is 10.3. The molecule has 2 aliphatic heterocycles. The zero-order chi connectivity index (χ0) is 13.5. The second-order valence-electron chi connectivity index (χ2n) is 7.52. The van der Waals surface area contributed by atoms with E-state index < -0.39 is 0 Å². The first kappa shape index (κ1) is 12.4. The van der Waals surface area contributed by atoms with E-state index in [2.05, 4.69) is 26.8 Å². The van der Waals surface area contributed by atoms with Gasteiger partial charge in [-0.25, -0.2) is 0 Å². The molecule has 1 N–H and O–H groups in total. The Labute approximate surface area is 115 Å². The van der Waals surface area contributed by atoms with Gasteiger partial charge in [0, 0.05) is 10.8 Å². The Morgan fingerprint density at radius 3 is 2.74 bits per heavy atom. The lowest BCUT2D eigenvalue weighted by molar-refractivity contribution is -0.270. The maximum atomic E-state index is 10.3. The molecule has 0 radical (unpaired) electrons. The molecular weight excluding hydrogens is 240 g/mol. The maximum Gasteiger partial charge on any atom is 0.126 e. The zero-order valence-corrected chi connectivity index (χ0v) is 12.1. The summed E-state index contributed by atoms with van der Waals surface area (Å²) in [5.74, 6) is 0. The SMILES string of the molecule is CC1=C[C@H]2O[C@@H]3[C@H](O)CC[C@](C)([C@@]2(C)CC1)[C@@]31CO1. The molecule has 0 amide bonds. The molecule has 4 rings (SSSR count). The van der Waals surface area contributed by atoms with Crippen molar-refractivity contribution >= 4 is 0 Å². The van der Waals surface area contributed by atoms with Crippen molar-refractivity contribution in [1.29, 1.82) is 0 Å². The summed E-state index contributed by atoms with van der Waals surface area (Å²) in [5.41, 5.74) is 1.48. The van der Waals surface area contributed by atoms with Crippen LogP contribution in [0.4, 0.5) is 0 Å². The van der Waals surface area contributed by atoms with Crippen LogP contribution >= 0.6 is 0 Å². The molecule has 2 saturated heterocycles. The highest BCUT2D eigenvalue weighted by molar-refractivity contribution is 5.28. The second kappa shape index (κ2) is 3.44. The van der Waals surface area contributed by atoms with Gasteiger partial charge in [-0.1, -0.05) is 25.5 Å². The molecule has 3 fully saturated rings. The largest absolute Gasteiger partial charge is 0.390 e. The van der Waals surface area contributed by atoms with Crippen molar-refractivity contribution in [2.24, 2.45) is 10.8 Å². The van der Waals surface area contributed by atoms with Crippen LogP contribution in [0.25, 0.3) is 0 Å². The third-order valence-electron chi connectivity index (χ3n) is 6.79. The second-order valence-corrected chi connectivity index (χ2v) is 7.52. The first-order chi connectivity index (χ1) is 8.93. The van der Waals surface area contributed by atoms with Crippen LogP contribution in [0.15, 0.2) is 11.6 Å². The Hall–Kier alpha value is -0.380. The topological polar surface area (TPSA) is 42.0 Å². The summed E-state index contributed by atoms with van der Waals surface area (Å²) in [4.78, 5) is 0. The summed E-state index contributed by atoms with van der Waals surface area (Å²) >= 11 is 0. The van der Waals surface area contributed by atoms with Crippen molar-refractivity contribution in [3.05, 3.63) is 11.6 Å². The minimum atomic E-state index is -0.365. The van der Waals surface area contributed by atoms with E-state index in [0.29, 0.717) is 0 Å². The Kier molecular flexibility index (Phi) is 2.24. The highest BCUT2D eigenvalue weighted by Gasteiger charge is 2.76. The van der Waals surface area contributed by atoms with E-state index in [-0.39, 0.29) is 34.7 Å².